The van der Waals surface area contributed by atoms with Gasteiger partial charge in [0.15, 0.2) is 0 Å². The van der Waals surface area contributed by atoms with Gasteiger partial charge in [-0.3, -0.25) is 4.79 Å². The first kappa shape index (κ1) is 21.1. The van der Waals surface area contributed by atoms with E-state index in [0.29, 0.717) is 12.8 Å². The first-order chi connectivity index (χ1) is 11.5. The number of hydrogen-bond donors (Lipinski definition) is 4. The molecule has 1 aliphatic carbocycles. The third kappa shape index (κ3) is 7.77. The third-order valence-electron chi connectivity index (χ3n) is 5.00. The van der Waals surface area contributed by atoms with Crippen molar-refractivity contribution in [3.63, 3.8) is 0 Å². The van der Waals surface area contributed by atoms with E-state index in [2.05, 4.69) is 6.92 Å². The Kier molecular flexibility index (Phi) is 10.2. The standard InChI is InChI=1S/C19H34O5/c1-2-3-5-8-14(20)11-12-16-15(17(21)13-18(16)22)9-6-4-7-10-19(23)24/h11-12,14-18,20-22H,2-10,13H2,1H3,(H,23,24). The number of carboxylic acid groups (broad SMARTS) is 1. The van der Waals surface area contributed by atoms with Crippen LogP contribution in [-0.4, -0.2) is 44.7 Å². The van der Waals surface area contributed by atoms with Gasteiger partial charge in [-0.05, 0) is 25.2 Å². The average Bonchev–Trinajstić information content (AvgIpc) is 2.78. The maximum Gasteiger partial charge on any atom is 0.303 e. The van der Waals surface area contributed by atoms with Crippen LogP contribution in [-0.2, 0) is 4.79 Å². The zero-order valence-electron chi connectivity index (χ0n) is 14.8. The zero-order valence-corrected chi connectivity index (χ0v) is 14.8. The SMILES string of the molecule is CCCCCC(O)C=CC1C(O)CC(O)C1CCCCCC(=O)O. The summed E-state index contributed by atoms with van der Waals surface area (Å²) >= 11 is 0. The maximum atomic E-state index is 10.5. The van der Waals surface area contributed by atoms with Gasteiger partial charge in [-0.2, -0.15) is 0 Å². The van der Waals surface area contributed by atoms with Crippen LogP contribution in [0, 0.1) is 11.8 Å². The molecule has 5 unspecified atom stereocenters. The molecular formula is C19H34O5. The topological polar surface area (TPSA) is 98.0 Å². The van der Waals surface area contributed by atoms with Crippen molar-refractivity contribution in [2.75, 3.05) is 0 Å². The quantitative estimate of drug-likeness (QED) is 0.323. The molecule has 1 aliphatic rings. The van der Waals surface area contributed by atoms with E-state index in [9.17, 15) is 20.1 Å². The molecule has 1 fully saturated rings. The number of aliphatic hydroxyl groups is 3. The molecule has 140 valence electrons. The molecule has 0 aromatic heterocycles. The Hall–Kier alpha value is -0.910. The summed E-state index contributed by atoms with van der Waals surface area (Å²) in [5.74, 6) is -0.909. The summed E-state index contributed by atoms with van der Waals surface area (Å²) < 4.78 is 0. The van der Waals surface area contributed by atoms with Gasteiger partial charge in [0, 0.05) is 18.8 Å². The van der Waals surface area contributed by atoms with E-state index < -0.39 is 24.3 Å². The lowest BCUT2D eigenvalue weighted by Crippen LogP contribution is -2.21. The van der Waals surface area contributed by atoms with E-state index in [-0.39, 0.29) is 18.3 Å². The Balaban J connectivity index is 2.42. The van der Waals surface area contributed by atoms with Gasteiger partial charge in [0.05, 0.1) is 18.3 Å². The summed E-state index contributed by atoms with van der Waals surface area (Å²) in [5, 5.41) is 38.9. The molecule has 24 heavy (non-hydrogen) atoms. The second kappa shape index (κ2) is 11.6. The lowest BCUT2D eigenvalue weighted by Gasteiger charge is -2.21. The summed E-state index contributed by atoms with van der Waals surface area (Å²) in [5.41, 5.74) is 0. The van der Waals surface area contributed by atoms with E-state index >= 15 is 0 Å². The second-order valence-electron chi connectivity index (χ2n) is 7.05. The van der Waals surface area contributed by atoms with Crippen LogP contribution in [0.25, 0.3) is 0 Å². The monoisotopic (exact) mass is 342 g/mol. The van der Waals surface area contributed by atoms with Crippen LogP contribution in [0.4, 0.5) is 0 Å². The van der Waals surface area contributed by atoms with Crippen LogP contribution in [0.3, 0.4) is 0 Å². The van der Waals surface area contributed by atoms with Crippen molar-refractivity contribution in [1.82, 2.24) is 0 Å². The number of carbonyl (C=O) groups is 1. The Labute approximate surface area is 145 Å². The van der Waals surface area contributed by atoms with Gasteiger partial charge in [-0.1, -0.05) is 51.2 Å². The Bertz CT molecular complexity index is 382. The van der Waals surface area contributed by atoms with E-state index in [4.69, 9.17) is 5.11 Å². The van der Waals surface area contributed by atoms with Gasteiger partial charge in [-0.15, -0.1) is 0 Å². The lowest BCUT2D eigenvalue weighted by molar-refractivity contribution is -0.137. The van der Waals surface area contributed by atoms with Gasteiger partial charge >= 0.3 is 5.97 Å². The molecule has 0 radical (unpaired) electrons. The van der Waals surface area contributed by atoms with Crippen molar-refractivity contribution in [3.05, 3.63) is 12.2 Å². The molecule has 0 aromatic rings. The number of aliphatic carboxylic acids is 1. The van der Waals surface area contributed by atoms with Crippen LogP contribution in [0.2, 0.25) is 0 Å². The Morgan fingerprint density at radius 3 is 2.54 bits per heavy atom. The highest BCUT2D eigenvalue weighted by atomic mass is 16.4. The molecule has 0 aromatic carbocycles. The first-order valence-electron chi connectivity index (χ1n) is 9.40. The van der Waals surface area contributed by atoms with Crippen molar-refractivity contribution in [2.24, 2.45) is 11.8 Å². The summed E-state index contributed by atoms with van der Waals surface area (Å²) in [6, 6.07) is 0. The number of unbranched alkanes of at least 4 members (excludes halogenated alkanes) is 4. The van der Waals surface area contributed by atoms with Gasteiger partial charge in [0.1, 0.15) is 0 Å². The van der Waals surface area contributed by atoms with Crippen LogP contribution < -0.4 is 0 Å². The molecule has 0 saturated heterocycles. The first-order valence-corrected chi connectivity index (χ1v) is 9.40. The number of hydrogen-bond acceptors (Lipinski definition) is 4. The molecule has 0 bridgehead atoms. The second-order valence-corrected chi connectivity index (χ2v) is 7.05. The minimum atomic E-state index is -0.774. The van der Waals surface area contributed by atoms with Crippen molar-refractivity contribution in [1.29, 1.82) is 0 Å². The fourth-order valence-electron chi connectivity index (χ4n) is 3.57. The maximum absolute atomic E-state index is 10.5. The molecule has 5 nitrogen and oxygen atoms in total. The Morgan fingerprint density at radius 1 is 1.12 bits per heavy atom. The minimum Gasteiger partial charge on any atom is -0.481 e. The lowest BCUT2D eigenvalue weighted by atomic mass is 9.88. The smallest absolute Gasteiger partial charge is 0.303 e. The molecule has 5 atom stereocenters. The fraction of sp³-hybridized carbons (Fsp3) is 0.842. The molecule has 1 saturated carbocycles. The highest BCUT2D eigenvalue weighted by molar-refractivity contribution is 5.66. The van der Waals surface area contributed by atoms with Crippen molar-refractivity contribution < 1.29 is 25.2 Å². The molecule has 0 aliphatic heterocycles. The highest BCUT2D eigenvalue weighted by Crippen LogP contribution is 2.37. The molecule has 0 amide bonds. The number of rotatable bonds is 12. The van der Waals surface area contributed by atoms with Crippen LogP contribution in [0.5, 0.6) is 0 Å². The number of carboxylic acids is 1. The van der Waals surface area contributed by atoms with E-state index in [1.54, 1.807) is 6.08 Å². The summed E-state index contributed by atoms with van der Waals surface area (Å²) in [4.78, 5) is 10.5. The van der Waals surface area contributed by atoms with E-state index in [0.717, 1.165) is 44.9 Å². The van der Waals surface area contributed by atoms with Crippen molar-refractivity contribution in [3.8, 4) is 0 Å². The van der Waals surface area contributed by atoms with Crippen molar-refractivity contribution >= 4 is 5.97 Å². The minimum absolute atomic E-state index is 0.0103. The van der Waals surface area contributed by atoms with Gasteiger partial charge in [0.25, 0.3) is 0 Å². The highest BCUT2D eigenvalue weighted by Gasteiger charge is 2.39. The summed E-state index contributed by atoms with van der Waals surface area (Å²) in [7, 11) is 0. The molecule has 1 rings (SSSR count). The third-order valence-corrected chi connectivity index (χ3v) is 5.00. The Morgan fingerprint density at radius 2 is 1.88 bits per heavy atom. The fourth-order valence-corrected chi connectivity index (χ4v) is 3.57. The van der Waals surface area contributed by atoms with Gasteiger partial charge < -0.3 is 20.4 Å². The summed E-state index contributed by atoms with van der Waals surface area (Å²) in [6.45, 7) is 2.12. The largest absolute Gasteiger partial charge is 0.481 e. The normalized spacial score (nSPS) is 28.5. The van der Waals surface area contributed by atoms with Crippen molar-refractivity contribution in [2.45, 2.75) is 89.4 Å². The van der Waals surface area contributed by atoms with E-state index in [1.165, 1.54) is 0 Å². The average molecular weight is 342 g/mol. The van der Waals surface area contributed by atoms with Crippen LogP contribution in [0.1, 0.15) is 71.1 Å². The van der Waals surface area contributed by atoms with Crippen LogP contribution in [0.15, 0.2) is 12.2 Å². The van der Waals surface area contributed by atoms with E-state index in [1.807, 2.05) is 6.08 Å². The predicted octanol–water partition coefficient (Wildman–Crippen LogP) is 2.88. The summed E-state index contributed by atoms with van der Waals surface area (Å²) in [6.07, 6.45) is 9.67. The zero-order chi connectivity index (χ0) is 17.9. The molecule has 4 N–H and O–H groups in total. The van der Waals surface area contributed by atoms with Crippen LogP contribution >= 0.6 is 0 Å². The van der Waals surface area contributed by atoms with Gasteiger partial charge in [-0.25, -0.2) is 0 Å². The molecule has 5 heteroatoms. The predicted molar refractivity (Wildman–Crippen MR) is 93.6 cm³/mol. The molecular weight excluding hydrogens is 308 g/mol. The molecule has 0 heterocycles. The van der Waals surface area contributed by atoms with Gasteiger partial charge in [0.2, 0.25) is 0 Å². The number of aliphatic hydroxyl groups excluding tert-OH is 3. The molecule has 0 spiro atoms.